The predicted octanol–water partition coefficient (Wildman–Crippen LogP) is 2.55. The number of allylic oxidation sites excluding steroid dienone is 1. The SMILES string of the molecule is CC(=O)c1c[nH]c2c1CC(Br)C=C2. The molecule has 13 heavy (non-hydrogen) atoms. The van der Waals surface area contributed by atoms with Crippen LogP contribution in [0.5, 0.6) is 0 Å². The van der Waals surface area contributed by atoms with Crippen molar-refractivity contribution in [2.45, 2.75) is 18.2 Å². The molecule has 1 aromatic heterocycles. The topological polar surface area (TPSA) is 32.9 Å². The lowest BCUT2D eigenvalue weighted by Gasteiger charge is -2.11. The minimum atomic E-state index is 0.132. The third-order valence-corrected chi connectivity index (χ3v) is 2.90. The van der Waals surface area contributed by atoms with E-state index in [1.807, 2.05) is 6.08 Å². The van der Waals surface area contributed by atoms with Crippen LogP contribution < -0.4 is 0 Å². The lowest BCUT2D eigenvalue weighted by Crippen LogP contribution is -2.07. The Morgan fingerprint density at radius 3 is 3.15 bits per heavy atom. The third kappa shape index (κ3) is 1.48. The second-order valence-electron chi connectivity index (χ2n) is 3.23. The fraction of sp³-hybridized carbons (Fsp3) is 0.300. The first-order valence-corrected chi connectivity index (χ1v) is 5.13. The van der Waals surface area contributed by atoms with Crippen molar-refractivity contribution in [3.63, 3.8) is 0 Å². The van der Waals surface area contributed by atoms with Crippen LogP contribution in [-0.2, 0) is 6.42 Å². The van der Waals surface area contributed by atoms with Gasteiger partial charge in [-0.05, 0) is 25.0 Å². The second-order valence-corrected chi connectivity index (χ2v) is 4.41. The average Bonchev–Trinajstić information content (AvgIpc) is 2.46. The Morgan fingerprint density at radius 1 is 1.69 bits per heavy atom. The van der Waals surface area contributed by atoms with E-state index < -0.39 is 0 Å². The van der Waals surface area contributed by atoms with Gasteiger partial charge in [0, 0.05) is 22.3 Å². The van der Waals surface area contributed by atoms with Crippen LogP contribution >= 0.6 is 15.9 Å². The van der Waals surface area contributed by atoms with Gasteiger partial charge in [-0.3, -0.25) is 4.79 Å². The fourth-order valence-corrected chi connectivity index (χ4v) is 2.09. The van der Waals surface area contributed by atoms with Gasteiger partial charge in [-0.2, -0.15) is 0 Å². The van der Waals surface area contributed by atoms with E-state index in [9.17, 15) is 4.79 Å². The van der Waals surface area contributed by atoms with Crippen molar-refractivity contribution < 1.29 is 4.79 Å². The Morgan fingerprint density at radius 2 is 2.46 bits per heavy atom. The molecule has 68 valence electrons. The highest BCUT2D eigenvalue weighted by Crippen LogP contribution is 2.25. The molecule has 0 radical (unpaired) electrons. The number of hydrogen-bond acceptors (Lipinski definition) is 1. The smallest absolute Gasteiger partial charge is 0.161 e. The summed E-state index contributed by atoms with van der Waals surface area (Å²) < 4.78 is 0. The van der Waals surface area contributed by atoms with E-state index in [4.69, 9.17) is 0 Å². The van der Waals surface area contributed by atoms with Crippen molar-refractivity contribution in [1.29, 1.82) is 0 Å². The van der Waals surface area contributed by atoms with Crippen LogP contribution in [0.4, 0.5) is 0 Å². The molecule has 3 heteroatoms. The molecule has 0 saturated heterocycles. The summed E-state index contributed by atoms with van der Waals surface area (Å²) in [7, 11) is 0. The maximum atomic E-state index is 11.2. The number of halogens is 1. The second kappa shape index (κ2) is 3.14. The first-order chi connectivity index (χ1) is 6.18. The Kier molecular flexibility index (Phi) is 2.12. The molecule has 1 atom stereocenters. The summed E-state index contributed by atoms with van der Waals surface area (Å²) in [6.07, 6.45) is 6.79. The van der Waals surface area contributed by atoms with Gasteiger partial charge in [-0.25, -0.2) is 0 Å². The number of aromatic amines is 1. The summed E-state index contributed by atoms with van der Waals surface area (Å²) >= 11 is 3.51. The predicted molar refractivity (Wildman–Crippen MR) is 56.3 cm³/mol. The summed E-state index contributed by atoms with van der Waals surface area (Å²) in [5, 5.41) is 0. The number of H-pyrrole nitrogens is 1. The number of Topliss-reactive ketones (excluding diaryl/α,β-unsaturated/α-hetero) is 1. The molecule has 0 spiro atoms. The molecule has 1 N–H and O–H groups in total. The summed E-state index contributed by atoms with van der Waals surface area (Å²) in [6.45, 7) is 1.60. The Balaban J connectivity index is 2.49. The van der Waals surface area contributed by atoms with E-state index >= 15 is 0 Å². The number of ketones is 1. The summed E-state index contributed by atoms with van der Waals surface area (Å²) in [5.41, 5.74) is 3.03. The number of hydrogen-bond donors (Lipinski definition) is 1. The average molecular weight is 240 g/mol. The maximum Gasteiger partial charge on any atom is 0.161 e. The zero-order chi connectivity index (χ0) is 9.42. The van der Waals surface area contributed by atoms with Crippen molar-refractivity contribution in [3.05, 3.63) is 29.1 Å². The van der Waals surface area contributed by atoms with Crippen LogP contribution in [0.25, 0.3) is 6.08 Å². The molecule has 0 bridgehead atoms. The molecule has 0 fully saturated rings. The van der Waals surface area contributed by atoms with Crippen LogP contribution in [0.2, 0.25) is 0 Å². The van der Waals surface area contributed by atoms with E-state index in [0.717, 1.165) is 23.2 Å². The number of rotatable bonds is 1. The molecule has 2 nitrogen and oxygen atoms in total. The third-order valence-electron chi connectivity index (χ3n) is 2.27. The van der Waals surface area contributed by atoms with Gasteiger partial charge in [0.2, 0.25) is 0 Å². The van der Waals surface area contributed by atoms with Crippen LogP contribution in [0.15, 0.2) is 12.3 Å². The van der Waals surface area contributed by atoms with Gasteiger partial charge in [0.15, 0.2) is 5.78 Å². The normalized spacial score (nSPS) is 20.0. The highest BCUT2D eigenvalue weighted by atomic mass is 79.9. The number of fused-ring (bicyclic) bond motifs is 1. The molecule has 1 unspecified atom stereocenters. The van der Waals surface area contributed by atoms with Crippen molar-refractivity contribution in [2.24, 2.45) is 0 Å². The van der Waals surface area contributed by atoms with Crippen LogP contribution in [0, 0.1) is 0 Å². The van der Waals surface area contributed by atoms with Crippen LogP contribution in [0.3, 0.4) is 0 Å². The quantitative estimate of drug-likeness (QED) is 0.593. The minimum Gasteiger partial charge on any atom is -0.361 e. The Hall–Kier alpha value is -0.830. The van der Waals surface area contributed by atoms with Crippen molar-refractivity contribution >= 4 is 27.8 Å². The lowest BCUT2D eigenvalue weighted by atomic mass is 9.99. The monoisotopic (exact) mass is 239 g/mol. The number of nitrogens with one attached hydrogen (secondary N) is 1. The van der Waals surface area contributed by atoms with E-state index in [-0.39, 0.29) is 5.78 Å². The Labute approximate surface area is 85.2 Å². The van der Waals surface area contributed by atoms with Gasteiger partial charge in [-0.1, -0.05) is 22.0 Å². The molecule has 2 rings (SSSR count). The van der Waals surface area contributed by atoms with Gasteiger partial charge < -0.3 is 4.98 Å². The highest BCUT2D eigenvalue weighted by Gasteiger charge is 2.18. The largest absolute Gasteiger partial charge is 0.361 e. The number of carbonyl (C=O) groups is 1. The van der Waals surface area contributed by atoms with Gasteiger partial charge in [0.1, 0.15) is 0 Å². The van der Waals surface area contributed by atoms with E-state index in [1.54, 1.807) is 13.1 Å². The molecule has 1 aliphatic rings. The Bertz CT molecular complexity index is 378. The molecule has 1 aromatic rings. The minimum absolute atomic E-state index is 0.132. The highest BCUT2D eigenvalue weighted by molar-refractivity contribution is 9.09. The zero-order valence-corrected chi connectivity index (χ0v) is 8.89. The van der Waals surface area contributed by atoms with Gasteiger partial charge in [-0.15, -0.1) is 0 Å². The van der Waals surface area contributed by atoms with Gasteiger partial charge in [0.05, 0.1) is 0 Å². The molecular formula is C10H10BrNO. The summed E-state index contributed by atoms with van der Waals surface area (Å²) in [6, 6.07) is 0. The molecular weight excluding hydrogens is 230 g/mol. The molecule has 0 aromatic carbocycles. The molecule has 1 aliphatic carbocycles. The molecule has 0 amide bonds. The first-order valence-electron chi connectivity index (χ1n) is 4.22. The molecule has 0 aliphatic heterocycles. The van der Waals surface area contributed by atoms with E-state index in [1.165, 1.54) is 0 Å². The van der Waals surface area contributed by atoms with Crippen molar-refractivity contribution in [1.82, 2.24) is 4.98 Å². The zero-order valence-electron chi connectivity index (χ0n) is 7.30. The maximum absolute atomic E-state index is 11.2. The summed E-state index contributed by atoms with van der Waals surface area (Å²) in [5.74, 6) is 0.132. The standard InChI is InChI=1S/C10H10BrNO/c1-6(13)9-5-12-10-3-2-7(11)4-8(9)10/h2-3,5,7,12H,4H2,1H3. The summed E-state index contributed by atoms with van der Waals surface area (Å²) in [4.78, 5) is 14.7. The molecule has 1 heterocycles. The molecule has 0 saturated carbocycles. The van der Waals surface area contributed by atoms with Crippen molar-refractivity contribution in [2.75, 3.05) is 0 Å². The van der Waals surface area contributed by atoms with Crippen LogP contribution in [0.1, 0.15) is 28.5 Å². The van der Waals surface area contributed by atoms with Gasteiger partial charge in [0.25, 0.3) is 0 Å². The number of alkyl halides is 1. The fourth-order valence-electron chi connectivity index (χ4n) is 1.62. The van der Waals surface area contributed by atoms with Crippen LogP contribution in [-0.4, -0.2) is 15.6 Å². The number of carbonyl (C=O) groups excluding carboxylic acids is 1. The lowest BCUT2D eigenvalue weighted by molar-refractivity contribution is 0.101. The first kappa shape index (κ1) is 8.75. The van der Waals surface area contributed by atoms with E-state index in [0.29, 0.717) is 4.83 Å². The van der Waals surface area contributed by atoms with Crippen molar-refractivity contribution in [3.8, 4) is 0 Å². The van der Waals surface area contributed by atoms with E-state index in [2.05, 4.69) is 27.0 Å². The van der Waals surface area contributed by atoms with Gasteiger partial charge >= 0.3 is 0 Å². The number of aromatic nitrogens is 1.